The number of nitrogens with two attached hydrogens (primary N) is 2. The van der Waals surface area contributed by atoms with Gasteiger partial charge in [0.2, 0.25) is 11.8 Å². The molecule has 1 aromatic carbocycles. The lowest BCUT2D eigenvalue weighted by Crippen LogP contribution is -2.48. The fraction of sp³-hybridized carbons (Fsp3) is 0.400. The topological polar surface area (TPSA) is 134 Å². The van der Waals surface area contributed by atoms with Crippen molar-refractivity contribution in [3.05, 3.63) is 41.7 Å². The van der Waals surface area contributed by atoms with Crippen molar-refractivity contribution in [3.8, 4) is 6.07 Å². The lowest BCUT2D eigenvalue weighted by Gasteiger charge is -2.44. The number of aliphatic imine (C=N–C) groups is 1. The van der Waals surface area contributed by atoms with Gasteiger partial charge in [0.25, 0.3) is 0 Å². The number of hydrogen-bond acceptors (Lipinski definition) is 6. The average Bonchev–Trinajstić information content (AvgIpc) is 2.67. The number of carbonyl (C=O) groups is 2. The third-order valence-electron chi connectivity index (χ3n) is 5.34. The number of nitriles is 1. The number of allylic oxidation sites excluding steroid dienone is 1. The first-order valence-corrected chi connectivity index (χ1v) is 10.2. The Morgan fingerprint density at radius 2 is 1.93 bits per heavy atom. The minimum atomic E-state index is -0.732. The lowest BCUT2D eigenvalue weighted by molar-refractivity contribution is -0.123. The van der Waals surface area contributed by atoms with Crippen LogP contribution in [0.2, 0.25) is 0 Å². The van der Waals surface area contributed by atoms with Crippen LogP contribution < -0.4 is 16.8 Å². The first-order valence-electron chi connectivity index (χ1n) is 9.24. The summed E-state index contributed by atoms with van der Waals surface area (Å²) in [6.45, 7) is 0. The highest BCUT2D eigenvalue weighted by Gasteiger charge is 2.51. The molecule has 8 heteroatoms. The van der Waals surface area contributed by atoms with E-state index in [1.807, 2.05) is 18.2 Å². The van der Waals surface area contributed by atoms with Crippen molar-refractivity contribution < 1.29 is 9.59 Å². The minimum absolute atomic E-state index is 0.0722. The molecule has 0 unspecified atom stereocenters. The molecular weight excluding hydrogens is 374 g/mol. The average molecular weight is 398 g/mol. The SMILES string of the molecule is N#CC1=C(N)N=C(SCC(=O)Nc2ccccc2)[C@@H](C(N)=O)C12CCCCC2. The number of thioether (sulfide) groups is 1. The Morgan fingerprint density at radius 1 is 1.25 bits per heavy atom. The normalized spacial score (nSPS) is 21.0. The van der Waals surface area contributed by atoms with Gasteiger partial charge in [-0.25, -0.2) is 4.99 Å². The summed E-state index contributed by atoms with van der Waals surface area (Å²) >= 11 is 1.16. The van der Waals surface area contributed by atoms with E-state index in [-0.39, 0.29) is 17.5 Å². The fourth-order valence-corrected chi connectivity index (χ4v) is 5.16. The summed E-state index contributed by atoms with van der Waals surface area (Å²) < 4.78 is 0. The zero-order valence-corrected chi connectivity index (χ0v) is 16.3. The zero-order chi connectivity index (χ0) is 20.1. The van der Waals surface area contributed by atoms with Crippen LogP contribution in [0.4, 0.5) is 5.69 Å². The highest BCUT2D eigenvalue weighted by Crippen LogP contribution is 2.52. The van der Waals surface area contributed by atoms with Crippen LogP contribution in [-0.4, -0.2) is 22.6 Å². The van der Waals surface area contributed by atoms with Gasteiger partial charge in [0.15, 0.2) is 0 Å². The van der Waals surface area contributed by atoms with Crippen LogP contribution in [0.25, 0.3) is 0 Å². The third-order valence-corrected chi connectivity index (χ3v) is 6.36. The number of anilines is 1. The number of rotatable bonds is 4. The summed E-state index contributed by atoms with van der Waals surface area (Å²) in [5, 5.41) is 12.9. The van der Waals surface area contributed by atoms with Gasteiger partial charge in [-0.3, -0.25) is 9.59 Å². The summed E-state index contributed by atoms with van der Waals surface area (Å²) in [6, 6.07) is 11.3. The van der Waals surface area contributed by atoms with Gasteiger partial charge in [-0.2, -0.15) is 5.26 Å². The Balaban J connectivity index is 1.82. The number of para-hydroxylation sites is 1. The number of nitrogens with one attached hydrogen (secondary N) is 1. The quantitative estimate of drug-likeness (QED) is 0.717. The standard InChI is InChI=1S/C20H23N5O2S/c21-11-14-17(22)25-19(16(18(23)27)20(14)9-5-2-6-10-20)28-12-15(26)24-13-7-3-1-4-8-13/h1,3-4,7-8,16H,2,5-6,9-10,12,22H2,(H2,23,27)(H,24,26)/t16-/m1/s1. The van der Waals surface area contributed by atoms with Crippen molar-refractivity contribution in [3.63, 3.8) is 0 Å². The van der Waals surface area contributed by atoms with Crippen molar-refractivity contribution in [2.75, 3.05) is 11.1 Å². The molecule has 1 atom stereocenters. The predicted octanol–water partition coefficient (Wildman–Crippen LogP) is 2.52. The van der Waals surface area contributed by atoms with Crippen molar-refractivity contribution in [2.45, 2.75) is 32.1 Å². The largest absolute Gasteiger partial charge is 0.383 e. The summed E-state index contributed by atoms with van der Waals surface area (Å²) in [5.74, 6) is -1.27. The van der Waals surface area contributed by atoms with Gasteiger partial charge < -0.3 is 16.8 Å². The molecule has 1 saturated carbocycles. The highest BCUT2D eigenvalue weighted by atomic mass is 32.2. The van der Waals surface area contributed by atoms with Crippen molar-refractivity contribution in [1.82, 2.24) is 0 Å². The Kier molecular flexibility index (Phi) is 6.05. The molecule has 0 bridgehead atoms. The minimum Gasteiger partial charge on any atom is -0.383 e. The van der Waals surface area contributed by atoms with Crippen molar-refractivity contribution >= 4 is 34.3 Å². The van der Waals surface area contributed by atoms with E-state index in [4.69, 9.17) is 11.5 Å². The van der Waals surface area contributed by atoms with Gasteiger partial charge in [0, 0.05) is 11.1 Å². The Bertz CT molecular complexity index is 866. The first kappa shape index (κ1) is 20.0. The summed E-state index contributed by atoms with van der Waals surface area (Å²) in [7, 11) is 0. The van der Waals surface area contributed by atoms with E-state index in [9.17, 15) is 14.9 Å². The molecule has 1 heterocycles. The monoisotopic (exact) mass is 397 g/mol. The van der Waals surface area contributed by atoms with E-state index in [1.165, 1.54) is 0 Å². The molecule has 1 aliphatic heterocycles. The molecule has 1 fully saturated rings. The molecule has 2 amide bonds. The van der Waals surface area contributed by atoms with Gasteiger partial charge in [0.1, 0.15) is 5.82 Å². The second-order valence-corrected chi connectivity index (χ2v) is 8.07. The number of nitrogens with zero attached hydrogens (tertiary/aromatic N) is 2. The smallest absolute Gasteiger partial charge is 0.234 e. The van der Waals surface area contributed by atoms with E-state index in [0.29, 0.717) is 29.1 Å². The molecule has 0 aromatic heterocycles. The fourth-order valence-electron chi connectivity index (χ4n) is 4.13. The third kappa shape index (κ3) is 3.90. The van der Waals surface area contributed by atoms with Crippen LogP contribution in [0.15, 0.2) is 46.7 Å². The molecular formula is C20H23N5O2S. The molecule has 1 aromatic rings. The maximum absolute atomic E-state index is 12.4. The molecule has 2 aliphatic rings. The van der Waals surface area contributed by atoms with Crippen LogP contribution in [0.1, 0.15) is 32.1 Å². The van der Waals surface area contributed by atoms with Gasteiger partial charge >= 0.3 is 0 Å². The van der Waals surface area contributed by atoms with Crippen LogP contribution in [-0.2, 0) is 9.59 Å². The molecule has 0 saturated heterocycles. The van der Waals surface area contributed by atoms with Crippen LogP contribution in [0.5, 0.6) is 0 Å². The Hall–Kier alpha value is -2.79. The van der Waals surface area contributed by atoms with Crippen LogP contribution in [0.3, 0.4) is 0 Å². The maximum atomic E-state index is 12.4. The second-order valence-electron chi connectivity index (χ2n) is 7.08. The van der Waals surface area contributed by atoms with Crippen LogP contribution in [0, 0.1) is 22.7 Å². The molecule has 1 aliphatic carbocycles. The molecule has 5 N–H and O–H groups in total. The Morgan fingerprint density at radius 3 is 2.54 bits per heavy atom. The van der Waals surface area contributed by atoms with Gasteiger partial charge in [-0.15, -0.1) is 0 Å². The summed E-state index contributed by atoms with van der Waals surface area (Å²) in [5.41, 5.74) is 12.2. The van der Waals surface area contributed by atoms with E-state index in [2.05, 4.69) is 16.4 Å². The first-order chi connectivity index (χ1) is 13.5. The molecule has 1 spiro atoms. The zero-order valence-electron chi connectivity index (χ0n) is 15.5. The molecule has 28 heavy (non-hydrogen) atoms. The lowest BCUT2D eigenvalue weighted by atomic mass is 9.61. The highest BCUT2D eigenvalue weighted by molar-refractivity contribution is 8.14. The molecule has 3 rings (SSSR count). The summed E-state index contributed by atoms with van der Waals surface area (Å²) in [4.78, 5) is 29.0. The Labute approximate surface area is 168 Å². The maximum Gasteiger partial charge on any atom is 0.234 e. The molecule has 7 nitrogen and oxygen atoms in total. The number of carbonyl (C=O) groups excluding carboxylic acids is 2. The van der Waals surface area contributed by atoms with E-state index in [0.717, 1.165) is 31.0 Å². The summed E-state index contributed by atoms with van der Waals surface area (Å²) in [6.07, 6.45) is 4.17. The molecule has 0 radical (unpaired) electrons. The van der Waals surface area contributed by atoms with Crippen molar-refractivity contribution in [1.29, 1.82) is 5.26 Å². The van der Waals surface area contributed by atoms with E-state index >= 15 is 0 Å². The predicted molar refractivity (Wildman–Crippen MR) is 110 cm³/mol. The van der Waals surface area contributed by atoms with E-state index in [1.54, 1.807) is 12.1 Å². The number of hydrogen-bond donors (Lipinski definition) is 3. The van der Waals surface area contributed by atoms with Gasteiger partial charge in [0.05, 0.1) is 28.4 Å². The number of primary amides is 1. The van der Waals surface area contributed by atoms with E-state index < -0.39 is 17.2 Å². The van der Waals surface area contributed by atoms with Crippen molar-refractivity contribution in [2.24, 2.45) is 27.8 Å². The number of benzene rings is 1. The van der Waals surface area contributed by atoms with Gasteiger partial charge in [-0.05, 0) is 25.0 Å². The molecule has 146 valence electrons. The second kappa shape index (κ2) is 8.48. The number of amides is 2. The van der Waals surface area contributed by atoms with Gasteiger partial charge in [-0.1, -0.05) is 49.2 Å². The van der Waals surface area contributed by atoms with Crippen LogP contribution >= 0.6 is 11.8 Å².